The molecule has 2 saturated heterocycles. The van der Waals surface area contributed by atoms with Crippen LogP contribution in [0.5, 0.6) is 5.75 Å². The molecule has 2 amide bonds. The van der Waals surface area contributed by atoms with E-state index in [1.165, 1.54) is 0 Å². The molecule has 2 aromatic carbocycles. The second kappa shape index (κ2) is 9.34. The van der Waals surface area contributed by atoms with Crippen LogP contribution in [-0.4, -0.2) is 40.9 Å². The van der Waals surface area contributed by atoms with Gasteiger partial charge in [0.2, 0.25) is 5.91 Å². The average Bonchev–Trinajstić information content (AvgIpc) is 3.43. The maximum atomic E-state index is 12.9. The molecule has 4 N–H and O–H groups in total. The van der Waals surface area contributed by atoms with Gasteiger partial charge in [-0.25, -0.2) is 10.1 Å². The molecule has 3 heterocycles. The lowest BCUT2D eigenvalue weighted by Gasteiger charge is -2.37. The summed E-state index contributed by atoms with van der Waals surface area (Å²) in [5.41, 5.74) is 4.93. The number of halogens is 1. The number of para-hydroxylation sites is 1. The van der Waals surface area contributed by atoms with Gasteiger partial charge in [0.05, 0.1) is 17.3 Å². The van der Waals surface area contributed by atoms with Gasteiger partial charge in [-0.15, -0.1) is 0 Å². The molecule has 5 rings (SSSR count). The normalized spacial score (nSPS) is 21.6. The number of hydrogen-bond donors (Lipinski definition) is 4. The van der Waals surface area contributed by atoms with Crippen molar-refractivity contribution in [3.63, 3.8) is 0 Å². The fourth-order valence-corrected chi connectivity index (χ4v) is 4.22. The lowest BCUT2D eigenvalue weighted by molar-refractivity contribution is -0.129. The minimum absolute atomic E-state index is 0.101. The number of fused-ring (bicyclic) bond motifs is 1. The van der Waals surface area contributed by atoms with Gasteiger partial charge in [-0.1, -0.05) is 29.8 Å². The van der Waals surface area contributed by atoms with Crippen LogP contribution < -0.4 is 31.1 Å². The van der Waals surface area contributed by atoms with Crippen molar-refractivity contribution in [1.29, 1.82) is 0 Å². The molecule has 11 heteroatoms. The number of carbonyl (C=O) groups is 2. The number of benzene rings is 2. The van der Waals surface area contributed by atoms with Crippen LogP contribution in [0.2, 0.25) is 5.02 Å². The Kier molecular flexibility index (Phi) is 6.10. The van der Waals surface area contributed by atoms with E-state index in [0.29, 0.717) is 28.8 Å². The van der Waals surface area contributed by atoms with Crippen molar-refractivity contribution in [1.82, 2.24) is 25.8 Å². The molecular weight excluding hydrogens is 458 g/mol. The number of anilines is 2. The van der Waals surface area contributed by atoms with E-state index < -0.39 is 6.29 Å². The molecule has 1 aromatic heterocycles. The van der Waals surface area contributed by atoms with Gasteiger partial charge in [-0.3, -0.25) is 19.9 Å². The number of carbonyl (C=O) groups excluding carboxylic acids is 2. The van der Waals surface area contributed by atoms with Crippen molar-refractivity contribution in [2.75, 3.05) is 23.5 Å². The zero-order chi connectivity index (χ0) is 23.7. The summed E-state index contributed by atoms with van der Waals surface area (Å²) < 4.78 is 7.08. The van der Waals surface area contributed by atoms with Gasteiger partial charge in [-0.05, 0) is 43.3 Å². The van der Waals surface area contributed by atoms with Crippen LogP contribution in [0.1, 0.15) is 12.0 Å². The second-order valence-corrected chi connectivity index (χ2v) is 8.54. The molecule has 2 aliphatic heterocycles. The minimum Gasteiger partial charge on any atom is -0.484 e. The van der Waals surface area contributed by atoms with Crippen molar-refractivity contribution < 1.29 is 14.3 Å². The number of nitrogens with zero attached hydrogens (tertiary/aromatic N) is 3. The highest BCUT2D eigenvalue weighted by Crippen LogP contribution is 2.27. The highest BCUT2D eigenvalue weighted by atomic mass is 35.5. The Hall–Kier alpha value is -3.60. The van der Waals surface area contributed by atoms with Gasteiger partial charge in [0.15, 0.2) is 12.9 Å². The molecule has 0 spiro atoms. The fraction of sp³-hybridized carbons (Fsp3) is 0.261. The number of hydrogen-bond acceptors (Lipinski definition) is 7. The van der Waals surface area contributed by atoms with Crippen molar-refractivity contribution in [3.8, 4) is 5.75 Å². The quantitative estimate of drug-likeness (QED) is 0.426. The average molecular weight is 482 g/mol. The molecule has 0 radical (unpaired) electrons. The molecule has 34 heavy (non-hydrogen) atoms. The topological polar surface area (TPSA) is 113 Å². The zero-order valence-corrected chi connectivity index (χ0v) is 19.1. The maximum absolute atomic E-state index is 12.9. The number of hydrazine groups is 1. The summed E-state index contributed by atoms with van der Waals surface area (Å²) in [4.78, 5) is 25.4. The van der Waals surface area contributed by atoms with E-state index in [0.717, 1.165) is 5.69 Å². The molecule has 176 valence electrons. The highest BCUT2D eigenvalue weighted by Gasteiger charge is 2.45. The van der Waals surface area contributed by atoms with Crippen molar-refractivity contribution in [3.05, 3.63) is 71.4 Å². The second-order valence-electron chi connectivity index (χ2n) is 8.10. The van der Waals surface area contributed by atoms with Gasteiger partial charge in [0.25, 0.3) is 5.91 Å². The number of amides is 2. The lowest BCUT2D eigenvalue weighted by Crippen LogP contribution is -2.61. The van der Waals surface area contributed by atoms with E-state index >= 15 is 0 Å². The Morgan fingerprint density at radius 3 is 2.74 bits per heavy atom. The summed E-state index contributed by atoms with van der Waals surface area (Å²) in [5.74, 6) is 0.238. The first-order valence-corrected chi connectivity index (χ1v) is 11.2. The number of rotatable bonds is 6. The molecular formula is C23H24ClN7O3. The Labute approximate surface area is 201 Å². The molecule has 2 aliphatic rings. The van der Waals surface area contributed by atoms with Gasteiger partial charge < -0.3 is 15.4 Å². The van der Waals surface area contributed by atoms with Gasteiger partial charge in [0.1, 0.15) is 17.7 Å². The molecule has 3 aromatic rings. The van der Waals surface area contributed by atoms with E-state index in [-0.39, 0.29) is 30.5 Å². The fourth-order valence-electron chi connectivity index (χ4n) is 4.10. The smallest absolute Gasteiger partial charge is 0.263 e. The number of nitrogens with one attached hydrogen (secondary N) is 4. The lowest BCUT2D eigenvalue weighted by atomic mass is 10.0. The SMILES string of the molecule is Cc1cc(NC(=O)COc2ccc(Cl)cc2)n(C2NC(=O)C3CNN(c4ccccc4)C3N2)n1. The van der Waals surface area contributed by atoms with Crippen LogP contribution in [0.3, 0.4) is 0 Å². The summed E-state index contributed by atoms with van der Waals surface area (Å²) >= 11 is 5.88. The molecule has 3 atom stereocenters. The Balaban J connectivity index is 1.30. The standard InChI is InChI=1S/C23H24ClN7O3/c1-14-11-19(26-20(32)13-34-17-9-7-15(24)8-10-17)31(29-14)23-27-21-18(22(33)28-23)12-25-30(21)16-5-3-2-4-6-16/h2-11,18,21,23,25,27H,12-13H2,1H3,(H,26,32)(H,28,33). The van der Waals surface area contributed by atoms with Crippen molar-refractivity contribution >= 4 is 34.9 Å². The highest BCUT2D eigenvalue weighted by molar-refractivity contribution is 6.30. The summed E-state index contributed by atoms with van der Waals surface area (Å²) in [6.45, 7) is 2.14. The van der Waals surface area contributed by atoms with Crippen LogP contribution in [0.4, 0.5) is 11.5 Å². The predicted molar refractivity (Wildman–Crippen MR) is 127 cm³/mol. The summed E-state index contributed by atoms with van der Waals surface area (Å²) in [5, 5.41) is 16.2. The number of aromatic nitrogens is 2. The third kappa shape index (κ3) is 4.56. The summed E-state index contributed by atoms with van der Waals surface area (Å²) in [6, 6.07) is 18.3. The first kappa shape index (κ1) is 22.2. The van der Waals surface area contributed by atoms with E-state index in [1.807, 2.05) is 42.3 Å². The molecule has 0 bridgehead atoms. The zero-order valence-electron chi connectivity index (χ0n) is 18.4. The van der Waals surface area contributed by atoms with Crippen LogP contribution in [0, 0.1) is 12.8 Å². The molecule has 0 saturated carbocycles. The maximum Gasteiger partial charge on any atom is 0.263 e. The number of ether oxygens (including phenoxy) is 1. The van der Waals surface area contributed by atoms with E-state index in [4.69, 9.17) is 16.3 Å². The number of aryl methyl sites for hydroxylation is 1. The minimum atomic E-state index is -0.652. The largest absolute Gasteiger partial charge is 0.484 e. The Morgan fingerprint density at radius 2 is 1.97 bits per heavy atom. The third-order valence-corrected chi connectivity index (χ3v) is 5.93. The van der Waals surface area contributed by atoms with Crippen LogP contribution in [0.15, 0.2) is 60.7 Å². The molecule has 0 aliphatic carbocycles. The van der Waals surface area contributed by atoms with E-state index in [2.05, 4.69) is 26.5 Å². The molecule has 10 nitrogen and oxygen atoms in total. The monoisotopic (exact) mass is 481 g/mol. The van der Waals surface area contributed by atoms with Crippen LogP contribution >= 0.6 is 11.6 Å². The molecule has 3 unspecified atom stereocenters. The Bertz CT molecular complexity index is 1190. The summed E-state index contributed by atoms with van der Waals surface area (Å²) in [7, 11) is 0. The first-order chi connectivity index (χ1) is 16.5. The van der Waals surface area contributed by atoms with Crippen LogP contribution in [-0.2, 0) is 9.59 Å². The third-order valence-electron chi connectivity index (χ3n) is 5.67. The predicted octanol–water partition coefficient (Wildman–Crippen LogP) is 2.01. The molecule has 2 fully saturated rings. The van der Waals surface area contributed by atoms with Gasteiger partial charge in [0, 0.05) is 17.6 Å². The van der Waals surface area contributed by atoms with Crippen molar-refractivity contribution in [2.45, 2.75) is 19.4 Å². The van der Waals surface area contributed by atoms with E-state index in [9.17, 15) is 9.59 Å². The van der Waals surface area contributed by atoms with Gasteiger partial charge >= 0.3 is 0 Å². The van der Waals surface area contributed by atoms with Gasteiger partial charge in [-0.2, -0.15) is 5.10 Å². The first-order valence-electron chi connectivity index (χ1n) is 10.9. The van der Waals surface area contributed by atoms with E-state index in [1.54, 1.807) is 35.0 Å². The van der Waals surface area contributed by atoms with Crippen molar-refractivity contribution in [2.24, 2.45) is 5.92 Å². The van der Waals surface area contributed by atoms with Crippen LogP contribution in [0.25, 0.3) is 0 Å². The Morgan fingerprint density at radius 1 is 1.21 bits per heavy atom. The summed E-state index contributed by atoms with van der Waals surface area (Å²) in [6.07, 6.45) is -0.941.